The number of rotatable bonds is 11. The zero-order valence-electron chi connectivity index (χ0n) is 21.6. The van der Waals surface area contributed by atoms with Gasteiger partial charge in [-0.3, -0.25) is 19.9 Å². The molecular weight excluding hydrogens is 515 g/mol. The van der Waals surface area contributed by atoms with E-state index in [4.69, 9.17) is 9.47 Å². The Kier molecular flexibility index (Phi) is 9.26. The normalized spacial score (nSPS) is 16.2. The van der Waals surface area contributed by atoms with Crippen molar-refractivity contribution in [2.45, 2.75) is 38.5 Å². The Morgan fingerprint density at radius 1 is 1.15 bits per heavy atom. The molecule has 8 nitrogen and oxygen atoms in total. The number of pyridine rings is 1. The van der Waals surface area contributed by atoms with Crippen LogP contribution in [0, 0.1) is 17.0 Å². The summed E-state index contributed by atoms with van der Waals surface area (Å²) in [6, 6.07) is 8.16. The van der Waals surface area contributed by atoms with E-state index in [0.717, 1.165) is 18.2 Å². The number of piperidine rings is 1. The molecule has 1 fully saturated rings. The SMILES string of the molecule is COc1ccc2ncc(CF)c(C(O)CCC3(C(=O)NO)CCN(CCOc4cc(F)cc(F)c4)CC3)c2c1. The first-order chi connectivity index (χ1) is 18.8. The molecule has 4 rings (SSSR count). The molecule has 1 unspecified atom stereocenters. The largest absolute Gasteiger partial charge is 0.497 e. The molecule has 1 aliphatic rings. The van der Waals surface area contributed by atoms with Crippen LogP contribution in [0.3, 0.4) is 0 Å². The molecule has 2 heterocycles. The molecule has 3 aromatic rings. The van der Waals surface area contributed by atoms with E-state index in [1.165, 1.54) is 13.3 Å². The molecule has 0 spiro atoms. The standard InChI is InChI=1S/C28H32F3N3O5/c1-38-21-2-3-24-23(15-21)26(18(16-29)17-32-24)25(35)4-5-28(27(36)33-37)6-8-34(9-7-28)10-11-39-22-13-19(30)12-20(31)14-22/h2-3,12-15,17,25,35,37H,4-11,16H2,1H3,(H,33,36). The molecule has 11 heteroatoms. The highest BCUT2D eigenvalue weighted by molar-refractivity contribution is 5.85. The number of aliphatic hydroxyl groups is 1. The lowest BCUT2D eigenvalue weighted by Gasteiger charge is -2.40. The van der Waals surface area contributed by atoms with Gasteiger partial charge in [0.25, 0.3) is 0 Å². The zero-order valence-corrected chi connectivity index (χ0v) is 21.6. The van der Waals surface area contributed by atoms with E-state index in [1.807, 2.05) is 0 Å². The Balaban J connectivity index is 1.41. The van der Waals surface area contributed by atoms with Crippen LogP contribution in [0.2, 0.25) is 0 Å². The highest BCUT2D eigenvalue weighted by Crippen LogP contribution is 2.40. The van der Waals surface area contributed by atoms with Crippen LogP contribution in [0.1, 0.15) is 42.9 Å². The number of benzene rings is 2. The van der Waals surface area contributed by atoms with Gasteiger partial charge in [0.05, 0.1) is 24.1 Å². The Bertz CT molecular complexity index is 1280. The second-order valence-corrected chi connectivity index (χ2v) is 9.78. The van der Waals surface area contributed by atoms with Crippen LogP contribution in [0.15, 0.2) is 42.6 Å². The number of carbonyl (C=O) groups is 1. The zero-order chi connectivity index (χ0) is 28.0. The van der Waals surface area contributed by atoms with Crippen molar-refractivity contribution in [2.24, 2.45) is 5.41 Å². The van der Waals surface area contributed by atoms with Gasteiger partial charge in [-0.25, -0.2) is 18.7 Å². The van der Waals surface area contributed by atoms with E-state index in [-0.39, 0.29) is 30.8 Å². The fourth-order valence-corrected chi connectivity index (χ4v) is 5.24. The van der Waals surface area contributed by atoms with Crippen molar-refractivity contribution in [3.63, 3.8) is 0 Å². The summed E-state index contributed by atoms with van der Waals surface area (Å²) in [5.74, 6) is -1.33. The molecule has 210 valence electrons. The molecule has 1 aliphatic heterocycles. The maximum atomic E-state index is 13.9. The predicted molar refractivity (Wildman–Crippen MR) is 137 cm³/mol. The first-order valence-electron chi connectivity index (χ1n) is 12.7. The summed E-state index contributed by atoms with van der Waals surface area (Å²) < 4.78 is 51.4. The number of aliphatic hydroxyl groups excluding tert-OH is 1. The minimum atomic E-state index is -1.07. The first kappa shape index (κ1) is 28.6. The van der Waals surface area contributed by atoms with Gasteiger partial charge in [-0.15, -0.1) is 0 Å². The second kappa shape index (κ2) is 12.6. The first-order valence-corrected chi connectivity index (χ1v) is 12.7. The fraction of sp³-hybridized carbons (Fsp3) is 0.429. The number of nitrogens with one attached hydrogen (secondary N) is 1. The van der Waals surface area contributed by atoms with Gasteiger partial charge in [-0.2, -0.15) is 0 Å². The number of amides is 1. The van der Waals surface area contributed by atoms with E-state index in [9.17, 15) is 28.3 Å². The van der Waals surface area contributed by atoms with Crippen LogP contribution in [-0.2, 0) is 11.5 Å². The molecule has 39 heavy (non-hydrogen) atoms. The summed E-state index contributed by atoms with van der Waals surface area (Å²) in [4.78, 5) is 19.1. The predicted octanol–water partition coefficient (Wildman–Crippen LogP) is 4.47. The van der Waals surface area contributed by atoms with Gasteiger partial charge in [0.2, 0.25) is 5.91 Å². The summed E-state index contributed by atoms with van der Waals surface area (Å²) in [5.41, 5.74) is 2.09. The third kappa shape index (κ3) is 6.60. The third-order valence-electron chi connectivity index (χ3n) is 7.48. The highest BCUT2D eigenvalue weighted by atomic mass is 19.1. The Hall–Kier alpha value is -3.41. The van der Waals surface area contributed by atoms with Gasteiger partial charge in [0.1, 0.15) is 36.4 Å². The van der Waals surface area contributed by atoms with Crippen LogP contribution in [0.5, 0.6) is 11.5 Å². The Labute approximate surface area is 224 Å². The third-order valence-corrected chi connectivity index (χ3v) is 7.48. The second-order valence-electron chi connectivity index (χ2n) is 9.78. The van der Waals surface area contributed by atoms with Crippen LogP contribution in [0.4, 0.5) is 13.2 Å². The maximum absolute atomic E-state index is 13.9. The molecule has 1 atom stereocenters. The number of ether oxygens (including phenoxy) is 2. The minimum absolute atomic E-state index is 0.0985. The molecule has 0 radical (unpaired) electrons. The van der Waals surface area contributed by atoms with Crippen LogP contribution < -0.4 is 15.0 Å². The summed E-state index contributed by atoms with van der Waals surface area (Å²) in [5, 5.41) is 21.2. The summed E-state index contributed by atoms with van der Waals surface area (Å²) in [7, 11) is 1.51. The van der Waals surface area contributed by atoms with Crippen LogP contribution in [0.25, 0.3) is 10.9 Å². The Morgan fingerprint density at radius 3 is 2.51 bits per heavy atom. The number of halogens is 3. The topological polar surface area (TPSA) is 104 Å². The summed E-state index contributed by atoms with van der Waals surface area (Å²) in [6.07, 6.45) is 1.55. The average molecular weight is 548 g/mol. The molecule has 3 N–H and O–H groups in total. The van der Waals surface area contributed by atoms with Crippen molar-refractivity contribution in [1.82, 2.24) is 15.4 Å². The van der Waals surface area contributed by atoms with Crippen LogP contribution >= 0.6 is 0 Å². The highest BCUT2D eigenvalue weighted by Gasteiger charge is 2.41. The molecule has 0 saturated carbocycles. The molecular formula is C28H32F3N3O5. The van der Waals surface area contributed by atoms with E-state index in [0.29, 0.717) is 54.7 Å². The number of nitrogens with zero attached hydrogens (tertiary/aromatic N) is 2. The molecule has 0 bridgehead atoms. The number of aromatic nitrogens is 1. The summed E-state index contributed by atoms with van der Waals surface area (Å²) in [6.45, 7) is 0.882. The van der Waals surface area contributed by atoms with E-state index >= 15 is 0 Å². The smallest absolute Gasteiger partial charge is 0.249 e. The van der Waals surface area contributed by atoms with Gasteiger partial charge in [-0.05, 0) is 62.5 Å². The quantitative estimate of drug-likeness (QED) is 0.240. The van der Waals surface area contributed by atoms with Gasteiger partial charge in [0, 0.05) is 41.9 Å². The van der Waals surface area contributed by atoms with Gasteiger partial charge in [-0.1, -0.05) is 0 Å². The number of methoxy groups -OCH3 is 1. The summed E-state index contributed by atoms with van der Waals surface area (Å²) >= 11 is 0. The van der Waals surface area contributed by atoms with Crippen molar-refractivity contribution in [1.29, 1.82) is 0 Å². The maximum Gasteiger partial charge on any atom is 0.249 e. The van der Waals surface area contributed by atoms with E-state index < -0.39 is 35.7 Å². The number of alkyl halides is 1. The minimum Gasteiger partial charge on any atom is -0.497 e. The van der Waals surface area contributed by atoms with Gasteiger partial charge >= 0.3 is 0 Å². The van der Waals surface area contributed by atoms with Gasteiger partial charge in [0.15, 0.2) is 0 Å². The number of hydroxylamine groups is 1. The van der Waals surface area contributed by atoms with Crippen molar-refractivity contribution < 1.29 is 37.8 Å². The number of likely N-dealkylation sites (tertiary alicyclic amines) is 1. The lowest BCUT2D eigenvalue weighted by Crippen LogP contribution is -2.49. The molecule has 0 aliphatic carbocycles. The molecule has 1 aromatic heterocycles. The van der Waals surface area contributed by atoms with Crippen LogP contribution in [-0.4, -0.2) is 59.5 Å². The lowest BCUT2D eigenvalue weighted by atomic mass is 9.73. The van der Waals surface area contributed by atoms with E-state index in [1.54, 1.807) is 23.7 Å². The van der Waals surface area contributed by atoms with E-state index in [2.05, 4.69) is 9.88 Å². The van der Waals surface area contributed by atoms with Gasteiger partial charge < -0.3 is 14.6 Å². The Morgan fingerprint density at radius 2 is 1.87 bits per heavy atom. The fourth-order valence-electron chi connectivity index (χ4n) is 5.24. The number of carbonyl (C=O) groups excluding carboxylic acids is 1. The average Bonchev–Trinajstić information content (AvgIpc) is 2.94. The van der Waals surface area contributed by atoms with Crippen molar-refractivity contribution in [3.05, 3.63) is 65.4 Å². The van der Waals surface area contributed by atoms with Crippen molar-refractivity contribution in [3.8, 4) is 11.5 Å². The monoisotopic (exact) mass is 547 g/mol. The molecule has 2 aromatic carbocycles. The number of hydrogen-bond acceptors (Lipinski definition) is 7. The molecule has 1 saturated heterocycles. The molecule has 1 amide bonds. The van der Waals surface area contributed by atoms with Crippen molar-refractivity contribution in [2.75, 3.05) is 33.4 Å². The number of hydrogen-bond donors (Lipinski definition) is 3. The number of fused-ring (bicyclic) bond motifs is 1. The lowest BCUT2D eigenvalue weighted by molar-refractivity contribution is -0.143. The van der Waals surface area contributed by atoms with Crippen molar-refractivity contribution >= 4 is 16.8 Å².